The maximum Gasteiger partial charge on any atom is 0.306 e. The molecule has 0 aromatic carbocycles. The van der Waals surface area contributed by atoms with E-state index in [0.717, 1.165) is 25.7 Å². The molecule has 2 rings (SSSR count). The van der Waals surface area contributed by atoms with Gasteiger partial charge in [-0.3, -0.25) is 9.59 Å². The van der Waals surface area contributed by atoms with Crippen molar-refractivity contribution in [1.82, 2.24) is 0 Å². The van der Waals surface area contributed by atoms with Gasteiger partial charge in [0.2, 0.25) is 0 Å². The van der Waals surface area contributed by atoms with Crippen LogP contribution in [0.1, 0.15) is 38.5 Å². The second-order valence-electron chi connectivity index (χ2n) is 4.58. The quantitative estimate of drug-likeness (QED) is 0.696. The summed E-state index contributed by atoms with van der Waals surface area (Å²) in [5.41, 5.74) is 0. The van der Waals surface area contributed by atoms with Crippen molar-refractivity contribution in [3.05, 3.63) is 0 Å². The predicted octanol–water partition coefficient (Wildman–Crippen LogP) is 1.86. The molecule has 0 amide bonds. The molecule has 0 radical (unpaired) electrons. The van der Waals surface area contributed by atoms with Gasteiger partial charge in [-0.2, -0.15) is 0 Å². The number of carboxylic acids is 1. The molecule has 2 aliphatic rings. The van der Waals surface area contributed by atoms with Crippen molar-refractivity contribution in [1.29, 1.82) is 0 Å². The van der Waals surface area contributed by atoms with Crippen LogP contribution in [0.3, 0.4) is 0 Å². The fourth-order valence-electron chi connectivity index (χ4n) is 2.84. The molecule has 3 heteroatoms. The molecule has 0 aromatic rings. The SMILES string of the molecule is O=C(O)C1CC[C@H]2CCC[C@H](C1)C2=O. The van der Waals surface area contributed by atoms with Crippen molar-refractivity contribution in [2.75, 3.05) is 0 Å². The second-order valence-corrected chi connectivity index (χ2v) is 4.58. The molecule has 1 unspecified atom stereocenters. The van der Waals surface area contributed by atoms with Gasteiger partial charge >= 0.3 is 5.97 Å². The van der Waals surface area contributed by atoms with E-state index in [4.69, 9.17) is 5.11 Å². The van der Waals surface area contributed by atoms with Crippen molar-refractivity contribution in [2.45, 2.75) is 38.5 Å². The van der Waals surface area contributed by atoms with Gasteiger partial charge in [-0.15, -0.1) is 0 Å². The van der Waals surface area contributed by atoms with Gasteiger partial charge in [0, 0.05) is 11.8 Å². The lowest BCUT2D eigenvalue weighted by atomic mass is 9.79. The average molecular weight is 196 g/mol. The van der Waals surface area contributed by atoms with Crippen LogP contribution in [0.4, 0.5) is 0 Å². The molecule has 14 heavy (non-hydrogen) atoms. The Morgan fingerprint density at radius 3 is 2.57 bits per heavy atom. The molecule has 2 aliphatic carbocycles. The number of hydrogen-bond donors (Lipinski definition) is 1. The summed E-state index contributed by atoms with van der Waals surface area (Å²) in [5, 5.41) is 8.96. The van der Waals surface area contributed by atoms with Crippen molar-refractivity contribution in [3.8, 4) is 0 Å². The average Bonchev–Trinajstić information content (AvgIpc) is 2.26. The van der Waals surface area contributed by atoms with Gasteiger partial charge in [0.05, 0.1) is 5.92 Å². The van der Waals surface area contributed by atoms with E-state index in [1.54, 1.807) is 0 Å². The van der Waals surface area contributed by atoms with E-state index in [9.17, 15) is 9.59 Å². The molecule has 78 valence electrons. The van der Waals surface area contributed by atoms with E-state index in [1.165, 1.54) is 0 Å². The number of rotatable bonds is 1. The van der Waals surface area contributed by atoms with Crippen LogP contribution >= 0.6 is 0 Å². The van der Waals surface area contributed by atoms with Gasteiger partial charge in [-0.05, 0) is 32.1 Å². The summed E-state index contributed by atoms with van der Waals surface area (Å²) >= 11 is 0. The third-order valence-electron chi connectivity index (χ3n) is 3.69. The number of fused-ring (bicyclic) bond motifs is 2. The van der Waals surface area contributed by atoms with E-state index in [2.05, 4.69) is 0 Å². The summed E-state index contributed by atoms with van der Waals surface area (Å²) in [7, 11) is 0. The Labute approximate surface area is 83.5 Å². The van der Waals surface area contributed by atoms with Gasteiger partial charge in [0.25, 0.3) is 0 Å². The summed E-state index contributed by atoms with van der Waals surface area (Å²) in [4.78, 5) is 22.7. The predicted molar refractivity (Wildman–Crippen MR) is 50.8 cm³/mol. The molecule has 1 N–H and O–H groups in total. The smallest absolute Gasteiger partial charge is 0.306 e. The van der Waals surface area contributed by atoms with E-state index in [0.29, 0.717) is 18.6 Å². The maximum absolute atomic E-state index is 11.8. The minimum absolute atomic E-state index is 0.0531. The molecular formula is C11H16O3. The minimum Gasteiger partial charge on any atom is -0.481 e. The Balaban J connectivity index is 2.13. The number of aliphatic carboxylic acids is 1. The van der Waals surface area contributed by atoms with Crippen LogP contribution in [0, 0.1) is 17.8 Å². The summed E-state index contributed by atoms with van der Waals surface area (Å²) in [5.74, 6) is -0.409. The summed E-state index contributed by atoms with van der Waals surface area (Å²) in [6, 6.07) is 0. The molecule has 0 aliphatic heterocycles. The van der Waals surface area contributed by atoms with Gasteiger partial charge in [-0.25, -0.2) is 0 Å². The molecule has 0 aromatic heterocycles. The monoisotopic (exact) mass is 196 g/mol. The van der Waals surface area contributed by atoms with Crippen molar-refractivity contribution < 1.29 is 14.7 Å². The third kappa shape index (κ3) is 1.68. The number of hydrogen-bond acceptors (Lipinski definition) is 2. The first kappa shape index (κ1) is 9.69. The Morgan fingerprint density at radius 2 is 1.86 bits per heavy atom. The zero-order valence-electron chi connectivity index (χ0n) is 8.24. The van der Waals surface area contributed by atoms with E-state index in [-0.39, 0.29) is 17.8 Å². The highest BCUT2D eigenvalue weighted by molar-refractivity contribution is 5.85. The largest absolute Gasteiger partial charge is 0.481 e. The Bertz CT molecular complexity index is 259. The lowest BCUT2D eigenvalue weighted by Crippen LogP contribution is -2.27. The van der Waals surface area contributed by atoms with E-state index < -0.39 is 5.97 Å². The Morgan fingerprint density at radius 1 is 1.14 bits per heavy atom. The van der Waals surface area contributed by atoms with E-state index in [1.807, 2.05) is 0 Å². The number of carbonyl (C=O) groups is 2. The topological polar surface area (TPSA) is 54.4 Å². The van der Waals surface area contributed by atoms with E-state index >= 15 is 0 Å². The van der Waals surface area contributed by atoms with Crippen molar-refractivity contribution >= 4 is 11.8 Å². The van der Waals surface area contributed by atoms with Crippen LogP contribution in [0.2, 0.25) is 0 Å². The minimum atomic E-state index is -0.717. The first-order chi connectivity index (χ1) is 6.68. The fourth-order valence-corrected chi connectivity index (χ4v) is 2.84. The van der Waals surface area contributed by atoms with Crippen molar-refractivity contribution in [2.24, 2.45) is 17.8 Å². The lowest BCUT2D eigenvalue weighted by molar-refractivity contribution is -0.142. The highest BCUT2D eigenvalue weighted by Crippen LogP contribution is 2.37. The van der Waals surface area contributed by atoms with Gasteiger partial charge in [0.15, 0.2) is 0 Å². The van der Waals surface area contributed by atoms with Crippen LogP contribution in [-0.4, -0.2) is 16.9 Å². The molecule has 0 saturated heterocycles. The lowest BCUT2D eigenvalue weighted by Gasteiger charge is -2.24. The summed E-state index contributed by atoms with van der Waals surface area (Å²) in [6.45, 7) is 0. The third-order valence-corrected chi connectivity index (χ3v) is 3.69. The van der Waals surface area contributed by atoms with Crippen LogP contribution in [0.5, 0.6) is 0 Å². The molecule has 2 fully saturated rings. The van der Waals surface area contributed by atoms with Crippen LogP contribution in [-0.2, 0) is 9.59 Å². The highest BCUT2D eigenvalue weighted by Gasteiger charge is 2.37. The molecule has 3 nitrogen and oxygen atoms in total. The first-order valence-electron chi connectivity index (χ1n) is 5.45. The number of Topliss-reactive ketones (excluding diaryl/α,β-unsaturated/α-hetero) is 1. The highest BCUT2D eigenvalue weighted by atomic mass is 16.4. The number of ketones is 1. The molecule has 0 spiro atoms. The van der Waals surface area contributed by atoms with Crippen molar-refractivity contribution in [3.63, 3.8) is 0 Å². The van der Waals surface area contributed by atoms with Gasteiger partial charge < -0.3 is 5.11 Å². The Kier molecular flexibility index (Phi) is 2.57. The normalized spacial score (nSPS) is 37.7. The second kappa shape index (κ2) is 3.71. The van der Waals surface area contributed by atoms with Crippen LogP contribution in [0.15, 0.2) is 0 Å². The molecule has 0 heterocycles. The number of carbonyl (C=O) groups excluding carboxylic acids is 1. The maximum atomic E-state index is 11.8. The Hall–Kier alpha value is -0.860. The van der Waals surface area contributed by atoms with Gasteiger partial charge in [0.1, 0.15) is 5.78 Å². The zero-order chi connectivity index (χ0) is 10.1. The molecule has 2 saturated carbocycles. The summed E-state index contributed by atoms with van der Waals surface area (Å²) < 4.78 is 0. The first-order valence-corrected chi connectivity index (χ1v) is 5.45. The zero-order valence-corrected chi connectivity index (χ0v) is 8.24. The van der Waals surface area contributed by atoms with Gasteiger partial charge in [-0.1, -0.05) is 6.42 Å². The fraction of sp³-hybridized carbons (Fsp3) is 0.818. The standard InChI is InChI=1S/C11H16O3/c12-10-7-2-1-3-8(10)6-9(5-4-7)11(13)14/h7-9H,1-6H2,(H,13,14)/t7-,8-,9?/m1/s1. The van der Waals surface area contributed by atoms with Crippen LogP contribution < -0.4 is 0 Å². The van der Waals surface area contributed by atoms with Crippen LogP contribution in [0.25, 0.3) is 0 Å². The molecule has 2 bridgehead atoms. The molecule has 3 atom stereocenters. The summed E-state index contributed by atoms with van der Waals surface area (Å²) in [6.07, 6.45) is 5.09. The number of carboxylic acid groups (broad SMARTS) is 1. The molecular weight excluding hydrogens is 180 g/mol.